The van der Waals surface area contributed by atoms with Crippen LogP contribution in [0.15, 0.2) is 53.7 Å². The van der Waals surface area contributed by atoms with Gasteiger partial charge in [0.2, 0.25) is 0 Å². The number of hydrogen-bond donors (Lipinski definition) is 1. The van der Waals surface area contributed by atoms with E-state index in [-0.39, 0.29) is 0 Å². The molecule has 0 spiro atoms. The fraction of sp³-hybridized carbons (Fsp3) is 0.350. The molecular weight excluding hydrogens is 300 g/mol. The standard InChI is InChI=1S/C20H27N2S/c1-23-20-10-8-18(9-11-20)6-7-19-12-16-22(17-13-19)15-5-3-2-4-14-21/h6-13,16-17H,2-5,14-15,21H2,1H3/q+1/b7-6+. The van der Waals surface area contributed by atoms with Crippen LogP contribution in [-0.4, -0.2) is 12.8 Å². The number of aryl methyl sites for hydroxylation is 1. The van der Waals surface area contributed by atoms with Crippen LogP contribution >= 0.6 is 11.8 Å². The lowest BCUT2D eigenvalue weighted by atomic mass is 10.1. The Morgan fingerprint density at radius 2 is 1.48 bits per heavy atom. The first-order valence-electron chi connectivity index (χ1n) is 8.33. The Bertz CT molecular complexity index is 588. The van der Waals surface area contributed by atoms with E-state index in [4.69, 9.17) is 5.73 Å². The zero-order chi connectivity index (χ0) is 16.3. The Hall–Kier alpha value is -1.58. The number of nitrogens with zero attached hydrogens (tertiary/aromatic N) is 1. The van der Waals surface area contributed by atoms with E-state index in [2.05, 4.69) is 71.8 Å². The summed E-state index contributed by atoms with van der Waals surface area (Å²) in [6.45, 7) is 1.90. The Kier molecular flexibility index (Phi) is 7.91. The molecule has 0 bridgehead atoms. The first-order chi connectivity index (χ1) is 11.3. The molecule has 1 aromatic heterocycles. The van der Waals surface area contributed by atoms with Crippen LogP contribution in [0, 0.1) is 0 Å². The van der Waals surface area contributed by atoms with Crippen molar-refractivity contribution in [3.63, 3.8) is 0 Å². The van der Waals surface area contributed by atoms with E-state index in [1.54, 1.807) is 11.8 Å². The van der Waals surface area contributed by atoms with Crippen molar-refractivity contribution in [1.29, 1.82) is 0 Å². The number of nitrogens with two attached hydrogens (primary N) is 1. The van der Waals surface area contributed by atoms with E-state index in [9.17, 15) is 0 Å². The van der Waals surface area contributed by atoms with Crippen molar-refractivity contribution in [3.05, 3.63) is 59.9 Å². The van der Waals surface area contributed by atoms with Crippen LogP contribution in [0.3, 0.4) is 0 Å². The molecule has 1 heterocycles. The fourth-order valence-electron chi connectivity index (χ4n) is 2.43. The second kappa shape index (κ2) is 10.2. The Morgan fingerprint density at radius 3 is 2.09 bits per heavy atom. The maximum atomic E-state index is 5.51. The van der Waals surface area contributed by atoms with Gasteiger partial charge in [0.15, 0.2) is 12.4 Å². The van der Waals surface area contributed by atoms with Crippen molar-refractivity contribution in [1.82, 2.24) is 0 Å². The fourth-order valence-corrected chi connectivity index (χ4v) is 2.84. The quantitative estimate of drug-likeness (QED) is 0.421. The number of aromatic nitrogens is 1. The van der Waals surface area contributed by atoms with Crippen molar-refractivity contribution in [3.8, 4) is 0 Å². The van der Waals surface area contributed by atoms with Crippen LogP contribution in [0.5, 0.6) is 0 Å². The average molecular weight is 328 g/mol. The maximum absolute atomic E-state index is 5.51. The molecule has 1 aromatic carbocycles. The summed E-state index contributed by atoms with van der Waals surface area (Å²) in [5.74, 6) is 0. The summed E-state index contributed by atoms with van der Waals surface area (Å²) in [6.07, 6.45) is 15.6. The van der Waals surface area contributed by atoms with Crippen LogP contribution in [0.1, 0.15) is 36.8 Å². The van der Waals surface area contributed by atoms with E-state index in [0.29, 0.717) is 0 Å². The third-order valence-corrected chi connectivity index (χ3v) is 4.61. The van der Waals surface area contributed by atoms with E-state index in [1.165, 1.54) is 35.3 Å². The molecule has 0 fully saturated rings. The molecule has 0 radical (unpaired) electrons. The first-order valence-corrected chi connectivity index (χ1v) is 9.55. The molecule has 0 aliphatic heterocycles. The monoisotopic (exact) mass is 327 g/mol. The van der Waals surface area contributed by atoms with E-state index < -0.39 is 0 Å². The summed E-state index contributed by atoms with van der Waals surface area (Å²) < 4.78 is 2.26. The van der Waals surface area contributed by atoms with Gasteiger partial charge in [-0.15, -0.1) is 11.8 Å². The molecule has 0 saturated heterocycles. The summed E-state index contributed by atoms with van der Waals surface area (Å²) in [7, 11) is 0. The number of rotatable bonds is 9. The van der Waals surface area contributed by atoms with Crippen molar-refractivity contribution < 1.29 is 4.57 Å². The molecule has 0 saturated carbocycles. The summed E-state index contributed by atoms with van der Waals surface area (Å²) >= 11 is 1.77. The third-order valence-electron chi connectivity index (χ3n) is 3.87. The van der Waals surface area contributed by atoms with Gasteiger partial charge >= 0.3 is 0 Å². The molecule has 3 heteroatoms. The molecule has 2 N–H and O–H groups in total. The molecule has 2 aromatic rings. The summed E-state index contributed by atoms with van der Waals surface area (Å²) in [4.78, 5) is 1.30. The topological polar surface area (TPSA) is 29.9 Å². The predicted molar refractivity (Wildman–Crippen MR) is 101 cm³/mol. The SMILES string of the molecule is CSc1ccc(/C=C/c2cc[n+](CCCCCCN)cc2)cc1. The predicted octanol–water partition coefficient (Wildman–Crippen LogP) is 4.39. The number of hydrogen-bond acceptors (Lipinski definition) is 2. The molecule has 0 atom stereocenters. The zero-order valence-electron chi connectivity index (χ0n) is 13.9. The Balaban J connectivity index is 1.82. The molecule has 122 valence electrons. The first kappa shape index (κ1) is 17.8. The zero-order valence-corrected chi connectivity index (χ0v) is 14.8. The molecular formula is C20H27N2S+. The van der Waals surface area contributed by atoms with Gasteiger partial charge in [-0.25, -0.2) is 4.57 Å². The number of benzene rings is 1. The van der Waals surface area contributed by atoms with Gasteiger partial charge in [-0.2, -0.15) is 0 Å². The Labute approximate surface area is 144 Å². The highest BCUT2D eigenvalue weighted by Gasteiger charge is 1.99. The van der Waals surface area contributed by atoms with Gasteiger partial charge in [0, 0.05) is 23.4 Å². The second-order valence-corrected chi connectivity index (χ2v) is 6.56. The molecule has 23 heavy (non-hydrogen) atoms. The van der Waals surface area contributed by atoms with E-state index in [1.807, 2.05) is 0 Å². The van der Waals surface area contributed by atoms with Crippen LogP contribution in [-0.2, 0) is 6.54 Å². The number of unbranched alkanes of at least 4 members (excludes halogenated alkanes) is 3. The molecule has 0 aliphatic carbocycles. The van der Waals surface area contributed by atoms with Gasteiger partial charge in [-0.05, 0) is 48.9 Å². The molecule has 0 aliphatic rings. The van der Waals surface area contributed by atoms with Crippen LogP contribution in [0.25, 0.3) is 12.2 Å². The van der Waals surface area contributed by atoms with Gasteiger partial charge in [0.25, 0.3) is 0 Å². The minimum Gasteiger partial charge on any atom is -0.330 e. The number of thioether (sulfide) groups is 1. The highest BCUT2D eigenvalue weighted by Crippen LogP contribution is 2.16. The maximum Gasteiger partial charge on any atom is 0.169 e. The van der Waals surface area contributed by atoms with Gasteiger partial charge in [-0.3, -0.25) is 0 Å². The smallest absolute Gasteiger partial charge is 0.169 e. The van der Waals surface area contributed by atoms with Gasteiger partial charge in [0.1, 0.15) is 6.54 Å². The number of pyridine rings is 1. The van der Waals surface area contributed by atoms with Crippen molar-refractivity contribution >= 4 is 23.9 Å². The minimum absolute atomic E-state index is 0.814. The van der Waals surface area contributed by atoms with E-state index >= 15 is 0 Å². The van der Waals surface area contributed by atoms with Crippen molar-refractivity contribution in [2.45, 2.75) is 37.1 Å². The average Bonchev–Trinajstić information content (AvgIpc) is 2.61. The summed E-state index contributed by atoms with van der Waals surface area (Å²) in [6, 6.07) is 13.0. The van der Waals surface area contributed by atoms with Gasteiger partial charge in [-0.1, -0.05) is 30.7 Å². The normalized spacial score (nSPS) is 11.2. The lowest BCUT2D eigenvalue weighted by molar-refractivity contribution is -0.697. The Morgan fingerprint density at radius 1 is 0.870 bits per heavy atom. The third kappa shape index (κ3) is 6.59. The van der Waals surface area contributed by atoms with Crippen molar-refractivity contribution in [2.24, 2.45) is 5.73 Å². The highest BCUT2D eigenvalue weighted by atomic mass is 32.2. The van der Waals surface area contributed by atoms with Crippen LogP contribution in [0.4, 0.5) is 0 Å². The van der Waals surface area contributed by atoms with Gasteiger partial charge < -0.3 is 5.73 Å². The highest BCUT2D eigenvalue weighted by molar-refractivity contribution is 7.98. The molecule has 2 rings (SSSR count). The summed E-state index contributed by atoms with van der Waals surface area (Å²) in [5.41, 5.74) is 7.98. The largest absolute Gasteiger partial charge is 0.330 e. The summed E-state index contributed by atoms with van der Waals surface area (Å²) in [5, 5.41) is 0. The lowest BCUT2D eigenvalue weighted by Crippen LogP contribution is -2.32. The van der Waals surface area contributed by atoms with Crippen LogP contribution < -0.4 is 10.3 Å². The minimum atomic E-state index is 0.814. The molecule has 0 amide bonds. The van der Waals surface area contributed by atoms with Gasteiger partial charge in [0.05, 0.1) is 0 Å². The van der Waals surface area contributed by atoms with E-state index in [0.717, 1.165) is 19.5 Å². The molecule has 0 unspecified atom stereocenters. The van der Waals surface area contributed by atoms with Crippen molar-refractivity contribution in [2.75, 3.05) is 12.8 Å². The second-order valence-electron chi connectivity index (χ2n) is 5.68. The molecule has 2 nitrogen and oxygen atoms in total. The van der Waals surface area contributed by atoms with Crippen LogP contribution in [0.2, 0.25) is 0 Å². The lowest BCUT2D eigenvalue weighted by Gasteiger charge is -1.99.